The molecule has 0 amide bonds. The third-order valence-corrected chi connectivity index (χ3v) is 6.07. The number of halogens is 1. The van der Waals surface area contributed by atoms with Crippen LogP contribution in [0.15, 0.2) is 54.6 Å². The summed E-state index contributed by atoms with van der Waals surface area (Å²) in [6, 6.07) is 16.3. The van der Waals surface area contributed by atoms with Crippen molar-refractivity contribution in [2.75, 3.05) is 7.11 Å². The molecule has 0 bridgehead atoms. The zero-order valence-corrected chi connectivity index (χ0v) is 21.9. The summed E-state index contributed by atoms with van der Waals surface area (Å²) in [6.45, 7) is 12.7. The summed E-state index contributed by atoms with van der Waals surface area (Å²) < 4.78 is 11.4. The highest BCUT2D eigenvalue weighted by atomic mass is 35.5. The number of rotatable bonds is 4. The van der Waals surface area contributed by atoms with Crippen molar-refractivity contribution in [1.82, 2.24) is 15.0 Å². The molecule has 4 aromatic rings. The summed E-state index contributed by atoms with van der Waals surface area (Å²) in [5, 5.41) is 9.96. The zero-order chi connectivity index (χ0) is 25.5. The van der Waals surface area contributed by atoms with Crippen LogP contribution >= 0.6 is 11.6 Å². The number of ether oxygens (including phenoxy) is 2. The fourth-order valence-electron chi connectivity index (χ4n) is 3.73. The first-order valence-electron chi connectivity index (χ1n) is 11.4. The van der Waals surface area contributed by atoms with E-state index in [2.05, 4.69) is 47.6 Å². The van der Waals surface area contributed by atoms with E-state index in [1.807, 2.05) is 24.3 Å². The van der Waals surface area contributed by atoms with Crippen LogP contribution in [0.25, 0.3) is 16.7 Å². The smallest absolute Gasteiger partial charge is 0.343 e. The molecule has 0 atom stereocenters. The first-order chi connectivity index (χ1) is 16.4. The third-order valence-electron chi connectivity index (χ3n) is 5.82. The number of carbonyl (C=O) groups is 1. The molecule has 7 heteroatoms. The number of fused-ring (bicyclic) bond motifs is 1. The Morgan fingerprint density at radius 1 is 0.857 bits per heavy atom. The van der Waals surface area contributed by atoms with Crippen LogP contribution in [0.5, 0.6) is 11.5 Å². The minimum absolute atomic E-state index is 0.150. The van der Waals surface area contributed by atoms with E-state index in [9.17, 15) is 4.79 Å². The molecule has 182 valence electrons. The summed E-state index contributed by atoms with van der Waals surface area (Å²) in [4.78, 5) is 14.7. The van der Waals surface area contributed by atoms with Gasteiger partial charge < -0.3 is 9.47 Å². The van der Waals surface area contributed by atoms with E-state index in [4.69, 9.17) is 31.3 Å². The predicted molar refractivity (Wildman–Crippen MR) is 139 cm³/mol. The van der Waals surface area contributed by atoms with Crippen LogP contribution in [0.1, 0.15) is 63.0 Å². The number of methoxy groups -OCH3 is 1. The van der Waals surface area contributed by atoms with E-state index in [0.717, 1.165) is 11.1 Å². The quantitative estimate of drug-likeness (QED) is 0.229. The van der Waals surface area contributed by atoms with Gasteiger partial charge in [0.25, 0.3) is 0 Å². The van der Waals surface area contributed by atoms with Gasteiger partial charge >= 0.3 is 5.97 Å². The highest BCUT2D eigenvalue weighted by Crippen LogP contribution is 2.40. The van der Waals surface area contributed by atoms with Gasteiger partial charge in [0.15, 0.2) is 5.75 Å². The van der Waals surface area contributed by atoms with Crippen LogP contribution in [-0.2, 0) is 10.8 Å². The third kappa shape index (κ3) is 5.17. The summed E-state index contributed by atoms with van der Waals surface area (Å²) in [5.74, 6) is 0.644. The molecule has 0 radical (unpaired) electrons. The molecule has 1 heterocycles. The van der Waals surface area contributed by atoms with Crippen molar-refractivity contribution in [3.8, 4) is 17.2 Å². The minimum atomic E-state index is -0.477. The van der Waals surface area contributed by atoms with Gasteiger partial charge in [0, 0.05) is 16.7 Å². The standard InChI is InChI=1S/C28H30ClN3O3/c1-27(2,3)18-14-21(28(4,5)6)25(35-26(33)17-8-10-19(29)11-9-17)24(15-18)32-30-22-13-12-20(34-7)16-23(22)31-32/h8-16H,1-7H3. The maximum absolute atomic E-state index is 13.2. The molecule has 0 fully saturated rings. The molecule has 0 unspecified atom stereocenters. The molecule has 6 nitrogen and oxygen atoms in total. The van der Waals surface area contributed by atoms with Gasteiger partial charge in [-0.2, -0.15) is 0 Å². The van der Waals surface area contributed by atoms with Crippen LogP contribution < -0.4 is 9.47 Å². The number of nitrogens with zero attached hydrogens (tertiary/aromatic N) is 3. The number of esters is 1. The fraction of sp³-hybridized carbons (Fsp3) is 0.321. The predicted octanol–water partition coefficient (Wildman–Crippen LogP) is 6.90. The normalized spacial score (nSPS) is 12.1. The molecule has 4 rings (SSSR count). The van der Waals surface area contributed by atoms with Gasteiger partial charge in [-0.3, -0.25) is 0 Å². The highest BCUT2D eigenvalue weighted by molar-refractivity contribution is 6.30. The molecule has 0 aliphatic rings. The first-order valence-corrected chi connectivity index (χ1v) is 11.8. The van der Waals surface area contributed by atoms with E-state index in [1.54, 1.807) is 36.2 Å². The second kappa shape index (κ2) is 9.00. The average Bonchev–Trinajstić information content (AvgIpc) is 3.21. The number of aromatic nitrogens is 3. The first kappa shape index (κ1) is 24.7. The lowest BCUT2D eigenvalue weighted by molar-refractivity contribution is 0.0731. The minimum Gasteiger partial charge on any atom is -0.497 e. The lowest BCUT2D eigenvalue weighted by Gasteiger charge is -2.28. The van der Waals surface area contributed by atoms with Crippen molar-refractivity contribution >= 4 is 28.6 Å². The Balaban J connectivity index is 1.95. The van der Waals surface area contributed by atoms with Gasteiger partial charge in [-0.15, -0.1) is 15.0 Å². The van der Waals surface area contributed by atoms with Gasteiger partial charge in [-0.25, -0.2) is 4.79 Å². The van der Waals surface area contributed by atoms with Crippen molar-refractivity contribution in [2.24, 2.45) is 0 Å². The Hall–Kier alpha value is -3.38. The monoisotopic (exact) mass is 491 g/mol. The molecule has 35 heavy (non-hydrogen) atoms. The average molecular weight is 492 g/mol. The number of carbonyl (C=O) groups excluding carboxylic acids is 1. The highest BCUT2D eigenvalue weighted by Gasteiger charge is 2.29. The molecule has 0 aliphatic heterocycles. The number of hydrogen-bond acceptors (Lipinski definition) is 5. The summed E-state index contributed by atoms with van der Waals surface area (Å²) in [6.07, 6.45) is 0. The maximum atomic E-state index is 13.2. The van der Waals surface area contributed by atoms with Gasteiger partial charge in [0.1, 0.15) is 22.5 Å². The lowest BCUT2D eigenvalue weighted by Crippen LogP contribution is -2.22. The molecule has 0 spiro atoms. The molecule has 0 aliphatic carbocycles. The van der Waals surface area contributed by atoms with E-state index < -0.39 is 5.97 Å². The molecular formula is C28H30ClN3O3. The summed E-state index contributed by atoms with van der Waals surface area (Å²) >= 11 is 6.01. The van der Waals surface area contributed by atoms with Crippen LogP contribution in [0, 0.1) is 0 Å². The van der Waals surface area contributed by atoms with Crippen molar-refractivity contribution in [1.29, 1.82) is 0 Å². The molecular weight excluding hydrogens is 462 g/mol. The van der Waals surface area contributed by atoms with Crippen LogP contribution in [0.2, 0.25) is 5.02 Å². The Kier molecular flexibility index (Phi) is 6.36. The summed E-state index contributed by atoms with van der Waals surface area (Å²) in [7, 11) is 1.61. The molecule has 3 aromatic carbocycles. The lowest BCUT2D eigenvalue weighted by atomic mass is 9.79. The Bertz CT molecular complexity index is 1390. The van der Waals surface area contributed by atoms with Gasteiger partial charge in [0.05, 0.1) is 12.7 Å². The van der Waals surface area contributed by atoms with Gasteiger partial charge in [0.2, 0.25) is 0 Å². The van der Waals surface area contributed by atoms with Crippen LogP contribution in [0.4, 0.5) is 0 Å². The van der Waals surface area contributed by atoms with Crippen molar-refractivity contribution in [3.05, 3.63) is 76.3 Å². The molecule has 0 N–H and O–H groups in total. The van der Waals surface area contributed by atoms with Crippen LogP contribution in [-0.4, -0.2) is 28.1 Å². The largest absolute Gasteiger partial charge is 0.497 e. The second-order valence-electron chi connectivity index (χ2n) is 10.6. The number of benzene rings is 3. The fourth-order valence-corrected chi connectivity index (χ4v) is 3.85. The van der Waals surface area contributed by atoms with E-state index in [1.165, 1.54) is 0 Å². The van der Waals surface area contributed by atoms with E-state index in [-0.39, 0.29) is 10.8 Å². The van der Waals surface area contributed by atoms with Crippen molar-refractivity contribution in [2.45, 2.75) is 52.4 Å². The van der Waals surface area contributed by atoms with Crippen LogP contribution in [0.3, 0.4) is 0 Å². The topological polar surface area (TPSA) is 66.2 Å². The molecule has 0 saturated heterocycles. The number of hydrogen-bond donors (Lipinski definition) is 0. The SMILES string of the molecule is COc1ccc2nn(-c3cc(C(C)(C)C)cc(C(C)(C)C)c3OC(=O)c3ccc(Cl)cc3)nc2c1. The Morgan fingerprint density at radius 2 is 1.51 bits per heavy atom. The Labute approximate surface area is 210 Å². The van der Waals surface area contributed by atoms with Crippen molar-refractivity contribution < 1.29 is 14.3 Å². The van der Waals surface area contributed by atoms with E-state index >= 15 is 0 Å². The van der Waals surface area contributed by atoms with Crippen molar-refractivity contribution in [3.63, 3.8) is 0 Å². The summed E-state index contributed by atoms with van der Waals surface area (Å²) in [5.41, 5.74) is 3.90. The molecule has 0 saturated carbocycles. The van der Waals surface area contributed by atoms with E-state index in [0.29, 0.717) is 38.8 Å². The maximum Gasteiger partial charge on any atom is 0.343 e. The Morgan fingerprint density at radius 3 is 2.11 bits per heavy atom. The molecule has 1 aromatic heterocycles. The van der Waals surface area contributed by atoms with Gasteiger partial charge in [-0.1, -0.05) is 59.2 Å². The zero-order valence-electron chi connectivity index (χ0n) is 21.1. The second-order valence-corrected chi connectivity index (χ2v) is 11.0. The van der Waals surface area contributed by atoms with Gasteiger partial charge in [-0.05, 0) is 58.9 Å².